The minimum atomic E-state index is -1.03. The van der Waals surface area contributed by atoms with Gasteiger partial charge in [0, 0.05) is 18.7 Å². The summed E-state index contributed by atoms with van der Waals surface area (Å²) in [4.78, 5) is 12.2. The van der Waals surface area contributed by atoms with Gasteiger partial charge in [-0.2, -0.15) is 0 Å². The third kappa shape index (κ3) is 3.35. The Kier molecular flexibility index (Phi) is 4.73. The molecule has 1 saturated heterocycles. The van der Waals surface area contributed by atoms with Crippen LogP contribution in [0.3, 0.4) is 0 Å². The highest BCUT2D eigenvalue weighted by Crippen LogP contribution is 2.25. The molecule has 2 rings (SSSR count). The molecule has 0 spiro atoms. The number of benzene rings is 1. The van der Waals surface area contributed by atoms with Crippen LogP contribution in [0.5, 0.6) is 0 Å². The van der Waals surface area contributed by atoms with E-state index in [1.54, 1.807) is 12.1 Å². The van der Waals surface area contributed by atoms with Crippen molar-refractivity contribution in [3.63, 3.8) is 0 Å². The van der Waals surface area contributed by atoms with Gasteiger partial charge < -0.3 is 15.7 Å². The number of aliphatic hydroxyl groups excluding tert-OH is 1. The molecule has 0 saturated carbocycles. The van der Waals surface area contributed by atoms with E-state index in [1.807, 2.05) is 6.92 Å². The summed E-state index contributed by atoms with van der Waals surface area (Å²) in [6, 6.07) is 6.05. The molecule has 1 amide bonds. The quantitative estimate of drug-likeness (QED) is 0.780. The van der Waals surface area contributed by atoms with Gasteiger partial charge in [0.1, 0.15) is 5.82 Å². The summed E-state index contributed by atoms with van der Waals surface area (Å²) < 4.78 is 13.5. The monoisotopic (exact) mass is 280 g/mol. The van der Waals surface area contributed by atoms with E-state index in [4.69, 9.17) is 0 Å². The summed E-state index contributed by atoms with van der Waals surface area (Å²) in [6.07, 6.45) is 0.752. The lowest BCUT2D eigenvalue weighted by Crippen LogP contribution is -2.49. The van der Waals surface area contributed by atoms with Gasteiger partial charge in [-0.25, -0.2) is 4.39 Å². The van der Waals surface area contributed by atoms with Crippen molar-refractivity contribution in [3.05, 3.63) is 35.6 Å². The number of nitrogens with one attached hydrogen (secondary N) is 2. The van der Waals surface area contributed by atoms with E-state index >= 15 is 0 Å². The van der Waals surface area contributed by atoms with Crippen LogP contribution in [0.15, 0.2) is 24.3 Å². The molecule has 0 radical (unpaired) electrons. The fraction of sp³-hybridized carbons (Fsp3) is 0.533. The van der Waals surface area contributed by atoms with Gasteiger partial charge in [0.15, 0.2) is 0 Å². The van der Waals surface area contributed by atoms with E-state index in [0.717, 1.165) is 19.4 Å². The van der Waals surface area contributed by atoms with Gasteiger partial charge >= 0.3 is 0 Å². The zero-order chi connectivity index (χ0) is 14.6. The van der Waals surface area contributed by atoms with Crippen LogP contribution in [-0.2, 0) is 4.79 Å². The normalized spacial score (nSPS) is 24.1. The second-order valence-corrected chi connectivity index (χ2v) is 5.59. The van der Waals surface area contributed by atoms with Crippen LogP contribution >= 0.6 is 0 Å². The van der Waals surface area contributed by atoms with Gasteiger partial charge in [0.05, 0.1) is 11.5 Å². The van der Waals surface area contributed by atoms with Gasteiger partial charge in [0.25, 0.3) is 0 Å². The maximum Gasteiger partial charge on any atom is 0.227 e. The number of carbonyl (C=O) groups is 1. The number of carbonyl (C=O) groups excluding carboxylic acids is 1. The van der Waals surface area contributed by atoms with E-state index in [1.165, 1.54) is 12.1 Å². The molecular formula is C15H21FN2O2. The van der Waals surface area contributed by atoms with E-state index in [-0.39, 0.29) is 18.0 Å². The Morgan fingerprint density at radius 2 is 2.30 bits per heavy atom. The summed E-state index contributed by atoms with van der Waals surface area (Å²) in [5.74, 6) is -0.556. The zero-order valence-corrected chi connectivity index (χ0v) is 11.7. The van der Waals surface area contributed by atoms with Crippen molar-refractivity contribution in [2.24, 2.45) is 5.41 Å². The summed E-state index contributed by atoms with van der Waals surface area (Å²) in [7, 11) is 0. The molecule has 1 aromatic rings. The number of aliphatic hydroxyl groups is 1. The summed E-state index contributed by atoms with van der Waals surface area (Å²) in [5, 5.41) is 15.9. The molecule has 5 heteroatoms. The summed E-state index contributed by atoms with van der Waals surface area (Å²) in [6.45, 7) is 3.49. The van der Waals surface area contributed by atoms with Gasteiger partial charge in [0.2, 0.25) is 5.91 Å². The summed E-state index contributed by atoms with van der Waals surface area (Å²) in [5.41, 5.74) is -0.243. The van der Waals surface area contributed by atoms with Crippen molar-refractivity contribution in [2.75, 3.05) is 19.6 Å². The van der Waals surface area contributed by atoms with Crippen LogP contribution in [0, 0.1) is 11.2 Å². The first-order chi connectivity index (χ1) is 9.53. The third-order valence-corrected chi connectivity index (χ3v) is 3.87. The van der Waals surface area contributed by atoms with Gasteiger partial charge in [-0.15, -0.1) is 0 Å². The second-order valence-electron chi connectivity index (χ2n) is 5.59. The number of rotatable bonds is 4. The molecule has 1 aliphatic rings. The van der Waals surface area contributed by atoms with Crippen molar-refractivity contribution >= 4 is 5.91 Å². The Bertz CT molecular complexity index is 473. The number of hydrogen-bond donors (Lipinski definition) is 3. The second kappa shape index (κ2) is 6.33. The highest BCUT2D eigenvalue weighted by Gasteiger charge is 2.34. The molecule has 1 heterocycles. The van der Waals surface area contributed by atoms with Crippen molar-refractivity contribution in [1.82, 2.24) is 10.6 Å². The molecule has 20 heavy (non-hydrogen) atoms. The average molecular weight is 280 g/mol. The molecule has 4 nitrogen and oxygen atoms in total. The lowest BCUT2D eigenvalue weighted by atomic mass is 9.82. The predicted molar refractivity (Wildman–Crippen MR) is 74.6 cm³/mol. The van der Waals surface area contributed by atoms with Gasteiger partial charge in [-0.1, -0.05) is 18.2 Å². The first-order valence-corrected chi connectivity index (χ1v) is 6.94. The Hall–Kier alpha value is -1.46. The van der Waals surface area contributed by atoms with Gasteiger partial charge in [-0.3, -0.25) is 4.79 Å². The molecule has 1 aliphatic heterocycles. The molecule has 3 N–H and O–H groups in total. The molecule has 1 fully saturated rings. The number of hydrogen-bond acceptors (Lipinski definition) is 3. The highest BCUT2D eigenvalue weighted by atomic mass is 19.1. The van der Waals surface area contributed by atoms with Crippen molar-refractivity contribution < 1.29 is 14.3 Å². The first kappa shape index (κ1) is 14.9. The Morgan fingerprint density at radius 3 is 2.95 bits per heavy atom. The van der Waals surface area contributed by atoms with Crippen molar-refractivity contribution in [3.8, 4) is 0 Å². The lowest BCUT2D eigenvalue weighted by molar-refractivity contribution is -0.131. The molecule has 0 aliphatic carbocycles. The maximum atomic E-state index is 13.5. The van der Waals surface area contributed by atoms with Crippen LogP contribution in [0.4, 0.5) is 4.39 Å². The Balaban J connectivity index is 1.91. The Labute approximate surface area is 118 Å². The lowest BCUT2D eigenvalue weighted by Gasteiger charge is -2.32. The van der Waals surface area contributed by atoms with E-state index in [0.29, 0.717) is 6.54 Å². The summed E-state index contributed by atoms with van der Waals surface area (Å²) >= 11 is 0. The standard InChI is InChI=1S/C15H21FN2O2/c1-15(7-4-8-17-10-15)14(20)18-9-13(19)11-5-2-3-6-12(11)16/h2-3,5-6,13,17,19H,4,7-10H2,1H3,(H,18,20). The maximum absolute atomic E-state index is 13.5. The Morgan fingerprint density at radius 1 is 1.55 bits per heavy atom. The average Bonchev–Trinajstić information content (AvgIpc) is 2.45. The third-order valence-electron chi connectivity index (χ3n) is 3.87. The fourth-order valence-corrected chi connectivity index (χ4v) is 2.51. The van der Waals surface area contributed by atoms with Crippen LogP contribution in [0.25, 0.3) is 0 Å². The zero-order valence-electron chi connectivity index (χ0n) is 11.7. The topological polar surface area (TPSA) is 61.4 Å². The minimum Gasteiger partial charge on any atom is -0.386 e. The van der Waals surface area contributed by atoms with Crippen molar-refractivity contribution in [1.29, 1.82) is 0 Å². The van der Waals surface area contributed by atoms with E-state index in [2.05, 4.69) is 10.6 Å². The van der Waals surface area contributed by atoms with Crippen LogP contribution in [0.1, 0.15) is 31.4 Å². The smallest absolute Gasteiger partial charge is 0.227 e. The number of amides is 1. The first-order valence-electron chi connectivity index (χ1n) is 6.94. The molecule has 2 unspecified atom stereocenters. The van der Waals surface area contributed by atoms with Crippen molar-refractivity contribution in [2.45, 2.75) is 25.9 Å². The van der Waals surface area contributed by atoms with Gasteiger partial charge in [-0.05, 0) is 32.4 Å². The predicted octanol–water partition coefficient (Wildman–Crippen LogP) is 1.37. The highest BCUT2D eigenvalue weighted by molar-refractivity contribution is 5.82. The fourth-order valence-electron chi connectivity index (χ4n) is 2.51. The molecule has 0 bridgehead atoms. The van der Waals surface area contributed by atoms with Crippen LogP contribution in [0.2, 0.25) is 0 Å². The van der Waals surface area contributed by atoms with E-state index in [9.17, 15) is 14.3 Å². The molecule has 2 atom stereocenters. The van der Waals surface area contributed by atoms with Crippen LogP contribution in [-0.4, -0.2) is 30.6 Å². The molecule has 1 aromatic carbocycles. The minimum absolute atomic E-state index is 0.0232. The van der Waals surface area contributed by atoms with E-state index < -0.39 is 17.3 Å². The number of halogens is 1. The largest absolute Gasteiger partial charge is 0.386 e. The van der Waals surface area contributed by atoms with Crippen LogP contribution < -0.4 is 10.6 Å². The molecule has 110 valence electrons. The SMILES string of the molecule is CC1(C(=O)NCC(O)c2ccccc2F)CCCNC1. The number of piperidine rings is 1. The molecule has 0 aromatic heterocycles. The molecular weight excluding hydrogens is 259 g/mol.